The fraction of sp³-hybridized carbons (Fsp3) is 0.364. The van der Waals surface area contributed by atoms with Gasteiger partial charge in [0, 0.05) is 11.1 Å². The molecule has 0 spiro atoms. The van der Waals surface area contributed by atoms with Crippen molar-refractivity contribution in [2.45, 2.75) is 25.0 Å². The predicted molar refractivity (Wildman–Crippen MR) is 57.8 cm³/mol. The lowest BCUT2D eigenvalue weighted by atomic mass is 9.90. The van der Waals surface area contributed by atoms with Crippen LogP contribution in [-0.2, 0) is 0 Å². The van der Waals surface area contributed by atoms with Gasteiger partial charge in [-0.05, 0) is 31.0 Å². The van der Waals surface area contributed by atoms with E-state index in [1.807, 2.05) is 0 Å². The van der Waals surface area contributed by atoms with Crippen LogP contribution in [-0.4, -0.2) is 12.1 Å². The van der Waals surface area contributed by atoms with Crippen molar-refractivity contribution in [2.24, 2.45) is 5.73 Å². The van der Waals surface area contributed by atoms with E-state index in [0.717, 1.165) is 12.8 Å². The van der Waals surface area contributed by atoms with Crippen molar-refractivity contribution < 1.29 is 4.74 Å². The Morgan fingerprint density at radius 3 is 2.80 bits per heavy atom. The van der Waals surface area contributed by atoms with Crippen LogP contribution in [0.3, 0.4) is 0 Å². The molecule has 2 N–H and O–H groups in total. The van der Waals surface area contributed by atoms with E-state index in [1.54, 1.807) is 18.2 Å². The molecule has 0 saturated heterocycles. The topological polar surface area (TPSA) is 59.0 Å². The average Bonchev–Trinajstić information content (AvgIpc) is 2.18. The van der Waals surface area contributed by atoms with E-state index in [0.29, 0.717) is 16.3 Å². The molecule has 2 rings (SSSR count). The van der Waals surface area contributed by atoms with Crippen molar-refractivity contribution in [1.29, 1.82) is 5.26 Å². The van der Waals surface area contributed by atoms with Gasteiger partial charge in [-0.15, -0.1) is 0 Å². The van der Waals surface area contributed by atoms with Crippen LogP contribution in [0.25, 0.3) is 0 Å². The summed E-state index contributed by atoms with van der Waals surface area (Å²) in [6.45, 7) is 0. The number of nitrogens with zero attached hydrogens (tertiary/aromatic N) is 1. The monoisotopic (exact) mass is 222 g/mol. The van der Waals surface area contributed by atoms with E-state index >= 15 is 0 Å². The van der Waals surface area contributed by atoms with E-state index in [-0.39, 0.29) is 12.1 Å². The highest BCUT2D eigenvalue weighted by molar-refractivity contribution is 6.30. The first-order chi connectivity index (χ1) is 7.19. The molecule has 1 aromatic rings. The lowest BCUT2D eigenvalue weighted by molar-refractivity contribution is 0.101. The minimum Gasteiger partial charge on any atom is -0.489 e. The maximum absolute atomic E-state index is 8.89. The van der Waals surface area contributed by atoms with Gasteiger partial charge in [0.1, 0.15) is 17.9 Å². The number of hydrogen-bond acceptors (Lipinski definition) is 3. The van der Waals surface area contributed by atoms with Crippen molar-refractivity contribution in [2.75, 3.05) is 0 Å². The standard InChI is InChI=1S/C11H11ClN2O/c12-8-1-2-11(7(3-8)6-13)15-10-4-9(14)5-10/h1-3,9-10H,4-5,14H2. The minimum absolute atomic E-state index is 0.147. The van der Waals surface area contributed by atoms with Crippen LogP contribution in [0.4, 0.5) is 0 Å². The molecule has 4 heteroatoms. The first-order valence-electron chi connectivity index (χ1n) is 4.81. The van der Waals surface area contributed by atoms with E-state index in [1.165, 1.54) is 0 Å². The zero-order chi connectivity index (χ0) is 10.8. The van der Waals surface area contributed by atoms with Crippen LogP contribution in [0.1, 0.15) is 18.4 Å². The Morgan fingerprint density at radius 1 is 1.47 bits per heavy atom. The third-order valence-corrected chi connectivity index (χ3v) is 2.72. The first-order valence-corrected chi connectivity index (χ1v) is 5.18. The molecule has 1 aliphatic carbocycles. The number of nitriles is 1. The number of benzene rings is 1. The number of nitrogens with two attached hydrogens (primary N) is 1. The minimum atomic E-state index is 0.147. The SMILES string of the molecule is N#Cc1cc(Cl)ccc1OC1CC(N)C1. The Morgan fingerprint density at radius 2 is 2.20 bits per heavy atom. The zero-order valence-electron chi connectivity index (χ0n) is 8.11. The molecule has 1 fully saturated rings. The molecule has 0 heterocycles. The van der Waals surface area contributed by atoms with Crippen LogP contribution in [0, 0.1) is 11.3 Å². The molecule has 1 aromatic carbocycles. The molecule has 3 nitrogen and oxygen atoms in total. The van der Waals surface area contributed by atoms with Gasteiger partial charge in [0.2, 0.25) is 0 Å². The molecule has 78 valence electrons. The lowest BCUT2D eigenvalue weighted by Gasteiger charge is -2.32. The average molecular weight is 223 g/mol. The van der Waals surface area contributed by atoms with E-state index in [4.69, 9.17) is 27.3 Å². The maximum Gasteiger partial charge on any atom is 0.137 e. The summed E-state index contributed by atoms with van der Waals surface area (Å²) in [4.78, 5) is 0. The zero-order valence-corrected chi connectivity index (χ0v) is 8.87. The Labute approximate surface area is 93.4 Å². The van der Waals surface area contributed by atoms with Crippen LogP contribution in [0.5, 0.6) is 5.75 Å². The largest absolute Gasteiger partial charge is 0.489 e. The molecule has 0 radical (unpaired) electrons. The molecule has 0 bridgehead atoms. The molecular weight excluding hydrogens is 212 g/mol. The number of rotatable bonds is 2. The number of halogens is 1. The highest BCUT2D eigenvalue weighted by atomic mass is 35.5. The molecular formula is C11H11ClN2O. The van der Waals surface area contributed by atoms with Crippen LogP contribution < -0.4 is 10.5 Å². The van der Waals surface area contributed by atoms with Gasteiger partial charge in [0.25, 0.3) is 0 Å². The second kappa shape index (κ2) is 4.09. The summed E-state index contributed by atoms with van der Waals surface area (Å²) in [6, 6.07) is 7.36. The summed E-state index contributed by atoms with van der Waals surface area (Å²) >= 11 is 5.78. The molecule has 0 aliphatic heterocycles. The second-order valence-corrected chi connectivity index (χ2v) is 4.16. The third kappa shape index (κ3) is 2.23. The summed E-state index contributed by atoms with van der Waals surface area (Å²) in [5.74, 6) is 0.596. The highest BCUT2D eigenvalue weighted by Crippen LogP contribution is 2.28. The van der Waals surface area contributed by atoms with Crippen molar-refractivity contribution >= 4 is 11.6 Å². The van der Waals surface area contributed by atoms with Crippen molar-refractivity contribution in [1.82, 2.24) is 0 Å². The summed E-state index contributed by atoms with van der Waals surface area (Å²) < 4.78 is 5.64. The smallest absolute Gasteiger partial charge is 0.137 e. The highest BCUT2D eigenvalue weighted by Gasteiger charge is 2.28. The molecule has 0 aromatic heterocycles. The molecule has 1 aliphatic rings. The molecule has 0 amide bonds. The quantitative estimate of drug-likeness (QED) is 0.834. The molecule has 0 unspecified atom stereocenters. The van der Waals surface area contributed by atoms with Crippen molar-refractivity contribution in [3.63, 3.8) is 0 Å². The number of hydrogen-bond donors (Lipinski definition) is 1. The van der Waals surface area contributed by atoms with Gasteiger partial charge < -0.3 is 10.5 Å². The van der Waals surface area contributed by atoms with Crippen LogP contribution in [0.15, 0.2) is 18.2 Å². The lowest BCUT2D eigenvalue weighted by Crippen LogP contribution is -2.43. The van der Waals surface area contributed by atoms with Gasteiger partial charge in [0.15, 0.2) is 0 Å². The summed E-state index contributed by atoms with van der Waals surface area (Å²) in [6.07, 6.45) is 1.86. The first kappa shape index (κ1) is 10.3. The number of ether oxygens (including phenoxy) is 1. The van der Waals surface area contributed by atoms with Gasteiger partial charge in [-0.25, -0.2) is 0 Å². The normalized spacial score (nSPS) is 24.1. The Balaban J connectivity index is 2.11. The third-order valence-electron chi connectivity index (χ3n) is 2.49. The van der Waals surface area contributed by atoms with Crippen LogP contribution >= 0.6 is 11.6 Å². The maximum atomic E-state index is 8.89. The van der Waals surface area contributed by atoms with Gasteiger partial charge in [-0.2, -0.15) is 5.26 Å². The Bertz CT molecular complexity index is 408. The van der Waals surface area contributed by atoms with Crippen molar-refractivity contribution in [3.8, 4) is 11.8 Å². The fourth-order valence-corrected chi connectivity index (χ4v) is 1.75. The van der Waals surface area contributed by atoms with E-state index in [9.17, 15) is 0 Å². The summed E-state index contributed by atoms with van der Waals surface area (Å²) in [5.41, 5.74) is 6.13. The Kier molecular flexibility index (Phi) is 2.81. The molecule has 15 heavy (non-hydrogen) atoms. The van der Waals surface area contributed by atoms with Crippen LogP contribution in [0.2, 0.25) is 5.02 Å². The van der Waals surface area contributed by atoms with Gasteiger partial charge in [0.05, 0.1) is 5.56 Å². The van der Waals surface area contributed by atoms with E-state index < -0.39 is 0 Å². The molecule has 1 saturated carbocycles. The predicted octanol–water partition coefficient (Wildman–Crippen LogP) is 2.08. The summed E-state index contributed by atoms with van der Waals surface area (Å²) in [5, 5.41) is 9.43. The Hall–Kier alpha value is -1.24. The second-order valence-electron chi connectivity index (χ2n) is 3.72. The van der Waals surface area contributed by atoms with Gasteiger partial charge >= 0.3 is 0 Å². The van der Waals surface area contributed by atoms with E-state index in [2.05, 4.69) is 6.07 Å². The van der Waals surface area contributed by atoms with Gasteiger partial charge in [-0.3, -0.25) is 0 Å². The molecule has 0 atom stereocenters. The summed E-state index contributed by atoms with van der Waals surface area (Å²) in [7, 11) is 0. The van der Waals surface area contributed by atoms with Crippen molar-refractivity contribution in [3.05, 3.63) is 28.8 Å². The fourth-order valence-electron chi connectivity index (χ4n) is 1.57. The van der Waals surface area contributed by atoms with Gasteiger partial charge in [-0.1, -0.05) is 11.6 Å².